The fourth-order valence-electron chi connectivity index (χ4n) is 3.79. The number of nitrogen functional groups attached to an aromatic ring is 1. The standard InChI is InChI=1S/C16H16FN5O.C7H4F4/c17-11-7-12-13(22-9-19-8-14(22)15(18)20-12)6-10(11)16(23)21-4-2-1-3-5-21;8-6-3-1-2-5(4-6)7(9,10)11/h6-9H,1-5H2,(H2,18,20);1-4H. The molecule has 1 aliphatic rings. The van der Waals surface area contributed by atoms with Crippen molar-refractivity contribution in [3.8, 4) is 0 Å². The maximum absolute atomic E-state index is 14.4. The van der Waals surface area contributed by atoms with E-state index in [4.69, 9.17) is 5.73 Å². The third-order valence-corrected chi connectivity index (χ3v) is 5.49. The van der Waals surface area contributed by atoms with E-state index >= 15 is 0 Å². The quantitative estimate of drug-likeness (QED) is 0.388. The molecule has 1 saturated heterocycles. The van der Waals surface area contributed by atoms with Gasteiger partial charge in [-0.3, -0.25) is 9.20 Å². The second-order valence-electron chi connectivity index (χ2n) is 7.83. The number of anilines is 1. The number of rotatable bonds is 1. The first-order valence-electron chi connectivity index (χ1n) is 10.5. The molecule has 1 fully saturated rings. The van der Waals surface area contributed by atoms with Crippen LogP contribution in [-0.2, 0) is 6.18 Å². The first-order chi connectivity index (χ1) is 16.1. The molecule has 2 N–H and O–H groups in total. The molecule has 2 aromatic heterocycles. The van der Waals surface area contributed by atoms with Crippen LogP contribution in [0.5, 0.6) is 0 Å². The van der Waals surface area contributed by atoms with Gasteiger partial charge >= 0.3 is 6.18 Å². The fraction of sp³-hybridized carbons (Fsp3) is 0.261. The third kappa shape index (κ3) is 4.78. The summed E-state index contributed by atoms with van der Waals surface area (Å²) < 4.78 is 63.8. The molecule has 0 atom stereocenters. The number of piperidine rings is 1. The summed E-state index contributed by atoms with van der Waals surface area (Å²) in [6.07, 6.45) is 1.76. The number of hydrogen-bond donors (Lipinski definition) is 1. The van der Waals surface area contributed by atoms with Crippen LogP contribution < -0.4 is 5.73 Å². The lowest BCUT2D eigenvalue weighted by atomic mass is 10.1. The second kappa shape index (κ2) is 9.24. The summed E-state index contributed by atoms with van der Waals surface area (Å²) >= 11 is 0. The average Bonchev–Trinajstić information content (AvgIpc) is 3.30. The number of halogens is 5. The Hall–Kier alpha value is -3.76. The van der Waals surface area contributed by atoms with E-state index < -0.39 is 23.4 Å². The Morgan fingerprint density at radius 3 is 2.38 bits per heavy atom. The fourth-order valence-corrected chi connectivity index (χ4v) is 3.79. The third-order valence-electron chi connectivity index (χ3n) is 5.49. The van der Waals surface area contributed by atoms with E-state index in [1.807, 2.05) is 0 Å². The number of hydrogen-bond acceptors (Lipinski definition) is 4. The number of benzene rings is 2. The summed E-state index contributed by atoms with van der Waals surface area (Å²) in [6, 6.07) is 6.08. The molecule has 0 aliphatic carbocycles. The summed E-state index contributed by atoms with van der Waals surface area (Å²) in [7, 11) is 0. The number of carbonyl (C=O) groups is 1. The van der Waals surface area contributed by atoms with Gasteiger partial charge in [-0.05, 0) is 43.5 Å². The average molecular weight is 477 g/mol. The molecule has 34 heavy (non-hydrogen) atoms. The number of alkyl halides is 3. The van der Waals surface area contributed by atoms with E-state index in [1.165, 1.54) is 6.07 Å². The molecule has 0 spiro atoms. The highest BCUT2D eigenvalue weighted by Gasteiger charge is 2.30. The van der Waals surface area contributed by atoms with Crippen LogP contribution in [0.4, 0.5) is 27.8 Å². The lowest BCUT2D eigenvalue weighted by Gasteiger charge is -2.27. The van der Waals surface area contributed by atoms with Gasteiger partial charge in [0.25, 0.3) is 5.91 Å². The minimum atomic E-state index is -4.46. The largest absolute Gasteiger partial charge is 0.416 e. The Bertz CT molecular complexity index is 1350. The van der Waals surface area contributed by atoms with Crippen molar-refractivity contribution in [2.45, 2.75) is 25.4 Å². The minimum absolute atomic E-state index is 0.0703. The van der Waals surface area contributed by atoms with Gasteiger partial charge in [-0.1, -0.05) is 6.07 Å². The van der Waals surface area contributed by atoms with Gasteiger partial charge in [0, 0.05) is 19.2 Å². The van der Waals surface area contributed by atoms with Crippen molar-refractivity contribution < 1.29 is 26.7 Å². The Labute approximate surface area is 190 Å². The Morgan fingerprint density at radius 1 is 1.00 bits per heavy atom. The molecule has 0 bridgehead atoms. The van der Waals surface area contributed by atoms with Crippen molar-refractivity contribution in [2.75, 3.05) is 18.8 Å². The number of aromatic nitrogens is 3. The number of nitrogens with zero attached hydrogens (tertiary/aromatic N) is 4. The van der Waals surface area contributed by atoms with E-state index in [0.717, 1.165) is 37.5 Å². The van der Waals surface area contributed by atoms with Crippen LogP contribution >= 0.6 is 0 Å². The van der Waals surface area contributed by atoms with Crippen molar-refractivity contribution in [2.24, 2.45) is 0 Å². The number of nitrogens with two attached hydrogens (primary N) is 1. The Balaban J connectivity index is 0.000000210. The highest BCUT2D eigenvalue weighted by Crippen LogP contribution is 2.29. The van der Waals surface area contributed by atoms with E-state index in [2.05, 4.69) is 9.97 Å². The number of fused-ring (bicyclic) bond motifs is 3. The molecule has 0 saturated carbocycles. The monoisotopic (exact) mass is 477 g/mol. The zero-order chi connectivity index (χ0) is 24.5. The topological polar surface area (TPSA) is 76.5 Å². The lowest BCUT2D eigenvalue weighted by molar-refractivity contribution is -0.137. The molecular formula is C23H20F5N5O. The SMILES string of the molecule is Fc1cccc(C(F)(F)F)c1.Nc1nc2cc(F)c(C(=O)N3CCCCC3)cc2n2cncc12. The number of likely N-dealkylation sites (tertiary alicyclic amines) is 1. The first-order valence-corrected chi connectivity index (χ1v) is 10.5. The lowest BCUT2D eigenvalue weighted by Crippen LogP contribution is -2.36. The van der Waals surface area contributed by atoms with Crippen molar-refractivity contribution in [1.82, 2.24) is 19.3 Å². The molecule has 178 valence electrons. The predicted molar refractivity (Wildman–Crippen MR) is 116 cm³/mol. The van der Waals surface area contributed by atoms with Gasteiger partial charge in [-0.15, -0.1) is 0 Å². The molecule has 3 heterocycles. The number of carbonyl (C=O) groups excluding carboxylic acids is 1. The van der Waals surface area contributed by atoms with Gasteiger partial charge in [-0.25, -0.2) is 18.7 Å². The van der Waals surface area contributed by atoms with Crippen LogP contribution in [0, 0.1) is 11.6 Å². The molecule has 0 unspecified atom stereocenters. The smallest absolute Gasteiger partial charge is 0.382 e. The molecule has 0 radical (unpaired) electrons. The summed E-state index contributed by atoms with van der Waals surface area (Å²) in [5, 5.41) is 0. The molecule has 1 amide bonds. The second-order valence-corrected chi connectivity index (χ2v) is 7.83. The summed E-state index contributed by atoms with van der Waals surface area (Å²) in [5.74, 6) is -1.43. The van der Waals surface area contributed by atoms with Gasteiger partial charge in [0.05, 0.1) is 34.7 Å². The van der Waals surface area contributed by atoms with Crippen LogP contribution in [0.3, 0.4) is 0 Å². The highest BCUT2D eigenvalue weighted by atomic mass is 19.4. The van der Waals surface area contributed by atoms with E-state index in [9.17, 15) is 26.7 Å². The molecule has 11 heteroatoms. The predicted octanol–water partition coefficient (Wildman–Crippen LogP) is 5.07. The zero-order valence-electron chi connectivity index (χ0n) is 17.8. The normalized spacial score (nSPS) is 14.2. The summed E-state index contributed by atoms with van der Waals surface area (Å²) in [6.45, 7) is 1.35. The van der Waals surface area contributed by atoms with Crippen molar-refractivity contribution in [1.29, 1.82) is 0 Å². The molecule has 6 nitrogen and oxygen atoms in total. The van der Waals surface area contributed by atoms with E-state index in [-0.39, 0.29) is 17.3 Å². The maximum atomic E-state index is 14.4. The molecule has 1 aliphatic heterocycles. The Morgan fingerprint density at radius 2 is 1.74 bits per heavy atom. The van der Waals surface area contributed by atoms with Crippen LogP contribution in [0.2, 0.25) is 0 Å². The summed E-state index contributed by atoms with van der Waals surface area (Å²) in [4.78, 5) is 22.6. The number of imidazole rings is 1. The van der Waals surface area contributed by atoms with Crippen LogP contribution in [0.1, 0.15) is 35.2 Å². The van der Waals surface area contributed by atoms with Crippen LogP contribution in [-0.4, -0.2) is 38.3 Å². The van der Waals surface area contributed by atoms with Crippen molar-refractivity contribution >= 4 is 28.3 Å². The zero-order valence-corrected chi connectivity index (χ0v) is 17.8. The van der Waals surface area contributed by atoms with Gasteiger partial charge in [0.15, 0.2) is 0 Å². The summed E-state index contributed by atoms with van der Waals surface area (Å²) in [5.41, 5.74) is 6.63. The van der Waals surface area contributed by atoms with Crippen LogP contribution in [0.25, 0.3) is 16.6 Å². The van der Waals surface area contributed by atoms with Gasteiger partial charge < -0.3 is 10.6 Å². The van der Waals surface area contributed by atoms with Crippen molar-refractivity contribution in [3.05, 3.63) is 71.7 Å². The van der Waals surface area contributed by atoms with Gasteiger partial charge in [0.2, 0.25) is 0 Å². The van der Waals surface area contributed by atoms with Gasteiger partial charge in [0.1, 0.15) is 23.0 Å². The maximum Gasteiger partial charge on any atom is 0.416 e. The van der Waals surface area contributed by atoms with E-state index in [0.29, 0.717) is 35.7 Å². The molecular weight excluding hydrogens is 457 g/mol. The minimum Gasteiger partial charge on any atom is -0.382 e. The molecule has 5 rings (SSSR count). The first kappa shape index (κ1) is 23.4. The highest BCUT2D eigenvalue weighted by molar-refractivity contribution is 5.98. The van der Waals surface area contributed by atoms with E-state index in [1.54, 1.807) is 27.9 Å². The molecule has 4 aromatic rings. The van der Waals surface area contributed by atoms with Gasteiger partial charge in [-0.2, -0.15) is 13.2 Å². The Kier molecular flexibility index (Phi) is 6.36. The van der Waals surface area contributed by atoms with Crippen LogP contribution in [0.15, 0.2) is 48.9 Å². The van der Waals surface area contributed by atoms with Crippen molar-refractivity contribution in [3.63, 3.8) is 0 Å². The molecule has 2 aromatic carbocycles. The number of amides is 1.